The van der Waals surface area contributed by atoms with Gasteiger partial charge in [-0.25, -0.2) is 28.0 Å². The number of aliphatic hydroxyl groups is 3. The van der Waals surface area contributed by atoms with E-state index in [2.05, 4.69) is 185 Å². The third-order valence-corrected chi connectivity index (χ3v) is 28.8. The predicted molar refractivity (Wildman–Crippen MR) is 569 cm³/mol. The Morgan fingerprint density at radius 3 is 1.25 bits per heavy atom. The van der Waals surface area contributed by atoms with Crippen molar-refractivity contribution in [2.75, 3.05) is 152 Å². The highest BCUT2D eigenvalue weighted by Gasteiger charge is 2.39. The molecule has 7 fully saturated rings. The Labute approximate surface area is 873 Å². The zero-order valence-corrected chi connectivity index (χ0v) is 85.1. The fourth-order valence-electron chi connectivity index (χ4n) is 18.5. The second-order valence-corrected chi connectivity index (χ2v) is 39.6. The minimum Gasteiger partial charge on any atom is -0.396 e. The van der Waals surface area contributed by atoms with Gasteiger partial charge in [0.25, 0.3) is 0 Å². The fourth-order valence-corrected chi connectivity index (χ4v) is 20.1. The number of piperidine rings is 2. The summed E-state index contributed by atoms with van der Waals surface area (Å²) >= 11 is 27.0. The zero-order chi connectivity index (χ0) is 96.1. The van der Waals surface area contributed by atoms with Crippen LogP contribution in [0.5, 0.6) is 0 Å². The summed E-state index contributed by atoms with van der Waals surface area (Å²) in [6.45, 7) is 16.7. The zero-order valence-electron chi connectivity index (χ0n) is 77.5. The number of fused-ring (bicyclic) bond motifs is 4. The summed E-state index contributed by atoms with van der Waals surface area (Å²) in [4.78, 5) is 28.0. The van der Waals surface area contributed by atoms with E-state index in [1.165, 1.54) is 24.8 Å². The molecule has 18 heterocycles. The molecule has 3 aromatic carbocycles. The van der Waals surface area contributed by atoms with Crippen LogP contribution in [0.25, 0.3) is 22.6 Å². The van der Waals surface area contributed by atoms with Gasteiger partial charge in [0.15, 0.2) is 47.3 Å². The van der Waals surface area contributed by atoms with Crippen LogP contribution < -0.4 is 26.2 Å². The van der Waals surface area contributed by atoms with E-state index in [1.54, 1.807) is 43.0 Å². The van der Waals surface area contributed by atoms with Crippen LogP contribution in [0.4, 0.5) is 40.3 Å². The van der Waals surface area contributed by atoms with Crippen LogP contribution in [0.15, 0.2) is 205 Å². The van der Waals surface area contributed by atoms with Crippen LogP contribution in [0.2, 0.25) is 15.1 Å². The molecular weight excluding hydrogens is 2120 g/mol. The molecule has 0 atom stereocenters. The number of benzene rings is 3. The molecule has 0 amide bonds. The van der Waals surface area contributed by atoms with Gasteiger partial charge in [0, 0.05) is 208 Å². The summed E-state index contributed by atoms with van der Waals surface area (Å²) in [6.07, 6.45) is 35.6. The third-order valence-electron chi connectivity index (χ3n) is 26.3. The van der Waals surface area contributed by atoms with Crippen molar-refractivity contribution >= 4 is 152 Å². The molecule has 0 unspecified atom stereocenters. The van der Waals surface area contributed by atoms with Crippen molar-refractivity contribution in [1.29, 1.82) is 0 Å². The van der Waals surface area contributed by atoms with Crippen molar-refractivity contribution in [1.82, 2.24) is 107 Å². The first-order chi connectivity index (χ1) is 67.8. The highest BCUT2D eigenvalue weighted by Crippen LogP contribution is 2.42. The number of piperazine rings is 1. The Hall–Kier alpha value is -9.90. The molecule has 36 nitrogen and oxygen atoms in total. The summed E-state index contributed by atoms with van der Waals surface area (Å²) in [5.41, 5.74) is 17.4. The standard InChI is InChI=1S/C30H39ClN8O.C26H30ClN7O3.C14H15BrN6O2.C13H17ClO.C8H13N3O2.C6H3BrIN3.3CH4/c1-35-16-18-36(19-17-35)11-3-12-38-22-24(21-32-38)20-28-33-29-27(4-2-13-39(29)34-28)37-14-9-30(23-40,10-15-37)25-5-7-26(31)8-6-25;27-20-5-3-19(4-6-20)26(18-35)8-12-32(13-9-26)22-2-1-10-34-24(22)30-25(31-34)29-21-16-28-33(17-21)11-7-23-36-14-15-37-23;15-11-2-1-4-21-13(11)18-14(19-21)17-10-8-16-20(9-10)5-3-12-22-6-7-23-12;14-12-6-4-11(5-7-12)13(10-15)8-2-1-3-9-13;9-7-5-10-11(6-7)2-1-8-12-3-4-13-8;7-4-2-1-3-11-5(4)9-6(8)10-11;;;/h2,4-8,13,21-22,40H,3,9-12,14-20,23H2,1H3;1-6,10,16-17,23,35H,7-9,11-15,18H2,(H,29,31);1-2,4,8-9,12H,3,5-7H2,(H,17,19);4-7,15H,1-3,8-10H2;5-6,8H,1-4,9H2;1-3H;3*1H4. The van der Waals surface area contributed by atoms with E-state index in [-0.39, 0.29) is 77.2 Å². The summed E-state index contributed by atoms with van der Waals surface area (Å²) < 4.78 is 49.7. The number of nitrogens with zero attached hydrogens (tertiary/aromatic N) is 24. The normalized spacial score (nSPS) is 17.1. The van der Waals surface area contributed by atoms with Gasteiger partial charge in [0.1, 0.15) is 0 Å². The maximum atomic E-state index is 10.4. The van der Waals surface area contributed by atoms with Gasteiger partial charge in [-0.1, -0.05) is 113 Å². The summed E-state index contributed by atoms with van der Waals surface area (Å²) in [6, 6.07) is 39.7. The molecule has 1 aliphatic carbocycles. The number of nitrogen functional groups attached to an aromatic ring is 1. The number of aromatic nitrogens is 20. The monoisotopic (exact) mass is 2240 g/mol. The number of aryl methyl sites for hydroxylation is 4. The number of pyridine rings is 4. The Balaban J connectivity index is 0.000000143. The molecule has 142 heavy (non-hydrogen) atoms. The van der Waals surface area contributed by atoms with Gasteiger partial charge in [-0.05, 0) is 198 Å². The van der Waals surface area contributed by atoms with Crippen molar-refractivity contribution in [3.63, 3.8) is 0 Å². The smallest absolute Gasteiger partial charge is 0.247 e. The van der Waals surface area contributed by atoms with Gasteiger partial charge in [-0.15, -0.1) is 15.3 Å². The van der Waals surface area contributed by atoms with E-state index < -0.39 is 0 Å². The maximum Gasteiger partial charge on any atom is 0.247 e. The van der Waals surface area contributed by atoms with Gasteiger partial charge in [0.2, 0.25) is 15.7 Å². The number of halogens is 6. The quantitative estimate of drug-likeness (QED) is 0.0260. The molecule has 7 N–H and O–H groups in total. The number of anilines is 7. The van der Waals surface area contributed by atoms with E-state index in [9.17, 15) is 15.3 Å². The number of nitrogens with two attached hydrogens (primary N) is 1. The SMILES string of the molecule is Brc1cccn2nc(I)nc12.Brc1cccn2nc(Nc3cnn(CCC4OCCO4)c3)nc12.C.C.C.CN1CCN(CCCn2cc(Cc3nc4c(N5CCC(CO)(c6ccc(Cl)cc6)CC5)cccn4n3)cn2)CC1.Nc1cnn(CCC2OCCO2)c1.OCC1(c2ccc(Cl)cc2)CCCCC1.OCC1(c2ccc(Cl)cc2)CCN(c2cccn3nc(Nc4cnn(CCC5OCCO5)c4)nc23)CC1. The van der Waals surface area contributed by atoms with E-state index in [0.29, 0.717) is 75.2 Å². The Bertz CT molecular complexity index is 6380. The molecule has 0 bridgehead atoms. The van der Waals surface area contributed by atoms with E-state index in [0.717, 1.165) is 233 Å². The van der Waals surface area contributed by atoms with Crippen molar-refractivity contribution in [2.24, 2.45) is 0 Å². The molecule has 22 rings (SSSR count). The number of ether oxygens (including phenoxy) is 6. The topological polar surface area (TPSA) is 371 Å². The number of hydrogen-bond donors (Lipinski definition) is 6. The Kier molecular flexibility index (Phi) is 39.3. The lowest BCUT2D eigenvalue weighted by Gasteiger charge is -2.42. The predicted octanol–water partition coefficient (Wildman–Crippen LogP) is 16.9. The van der Waals surface area contributed by atoms with Crippen LogP contribution in [0.1, 0.15) is 134 Å². The lowest BCUT2D eigenvalue weighted by molar-refractivity contribution is -0.0498. The van der Waals surface area contributed by atoms with Crippen molar-refractivity contribution in [3.8, 4) is 0 Å². The molecule has 760 valence electrons. The first-order valence-electron chi connectivity index (χ1n) is 47.3. The molecule has 6 saturated heterocycles. The number of aliphatic hydroxyl groups excluding tert-OH is 3. The van der Waals surface area contributed by atoms with Crippen LogP contribution >= 0.6 is 89.3 Å². The number of rotatable bonds is 27. The average molecular weight is 2250 g/mol. The van der Waals surface area contributed by atoms with E-state index >= 15 is 0 Å². The summed E-state index contributed by atoms with van der Waals surface area (Å²) in [7, 11) is 2.19. The third kappa shape index (κ3) is 28.2. The van der Waals surface area contributed by atoms with Crippen LogP contribution in [0, 0.1) is 3.83 Å². The molecule has 0 spiro atoms. The molecule has 7 aliphatic rings. The lowest BCUT2D eigenvalue weighted by atomic mass is 9.70. The van der Waals surface area contributed by atoms with E-state index in [1.807, 2.05) is 142 Å². The van der Waals surface area contributed by atoms with Crippen LogP contribution in [-0.4, -0.2) is 267 Å². The van der Waals surface area contributed by atoms with Crippen molar-refractivity contribution < 1.29 is 43.7 Å². The van der Waals surface area contributed by atoms with Crippen LogP contribution in [0.3, 0.4) is 0 Å². The molecule has 12 aromatic heterocycles. The minimum absolute atomic E-state index is 0. The number of hydrogen-bond acceptors (Lipinski definition) is 28. The Morgan fingerprint density at radius 1 is 0.423 bits per heavy atom. The van der Waals surface area contributed by atoms with Gasteiger partial charge in [-0.2, -0.15) is 35.5 Å². The number of nitrogens with one attached hydrogen (secondary N) is 2. The summed E-state index contributed by atoms with van der Waals surface area (Å²) in [5, 5.41) is 74.2. The molecule has 0 radical (unpaired) electrons. The fraction of sp³-hybridized carbons (Fsp3) is 0.460. The highest BCUT2D eigenvalue weighted by atomic mass is 127. The molecule has 42 heteroatoms. The van der Waals surface area contributed by atoms with Crippen LogP contribution in [-0.2, 0) is 77.3 Å². The van der Waals surface area contributed by atoms with Crippen molar-refractivity contribution in [2.45, 2.75) is 173 Å². The van der Waals surface area contributed by atoms with Gasteiger partial charge in [0.05, 0.1) is 122 Å². The largest absolute Gasteiger partial charge is 0.396 e. The molecular formula is C100H129Br2Cl3IN27O9. The summed E-state index contributed by atoms with van der Waals surface area (Å²) in [5.74, 6) is 1.84. The number of likely N-dealkylation sites (N-methyl/N-ethyl adjacent to an activating group) is 1. The molecule has 15 aromatic rings. The molecule has 6 aliphatic heterocycles. The second kappa shape index (κ2) is 51.7. The van der Waals surface area contributed by atoms with E-state index in [4.69, 9.17) is 84.0 Å². The second-order valence-electron chi connectivity index (χ2n) is 35.7. The maximum absolute atomic E-state index is 10.4. The highest BCUT2D eigenvalue weighted by molar-refractivity contribution is 14.1. The van der Waals surface area contributed by atoms with Gasteiger partial charge < -0.3 is 79.7 Å². The average Bonchev–Trinajstić information content (AvgIpc) is 1.05. The Morgan fingerprint density at radius 2 is 0.810 bits per heavy atom. The van der Waals surface area contributed by atoms with Crippen molar-refractivity contribution in [3.05, 3.63) is 252 Å². The minimum atomic E-state index is -0.261. The van der Waals surface area contributed by atoms with Gasteiger partial charge in [-0.3, -0.25) is 18.7 Å². The first-order valence-corrected chi connectivity index (χ1v) is 51.1. The van der Waals surface area contributed by atoms with Gasteiger partial charge >= 0.3 is 0 Å². The lowest BCUT2D eigenvalue weighted by Crippen LogP contribution is -2.45. The first kappa shape index (κ1) is 108. The molecule has 1 saturated carbocycles.